The first-order valence-electron chi connectivity index (χ1n) is 6.20. The fourth-order valence-electron chi connectivity index (χ4n) is 1.68. The van der Waals surface area contributed by atoms with Gasteiger partial charge in [-0.25, -0.2) is 22.7 Å². The molecule has 1 aliphatic rings. The van der Waals surface area contributed by atoms with Gasteiger partial charge in [0.2, 0.25) is 10.0 Å². The Morgan fingerprint density at radius 2 is 2.15 bits per heavy atom. The van der Waals surface area contributed by atoms with E-state index in [0.717, 1.165) is 0 Å². The number of morpholine rings is 1. The van der Waals surface area contributed by atoms with Crippen molar-refractivity contribution in [3.8, 4) is 0 Å². The number of rotatable bonds is 6. The summed E-state index contributed by atoms with van der Waals surface area (Å²) in [4.78, 5) is 23.8. The molecule has 3 N–H and O–H groups in total. The minimum atomic E-state index is -3.38. The van der Waals surface area contributed by atoms with Crippen molar-refractivity contribution >= 4 is 22.0 Å². The number of sulfonamides is 1. The lowest BCUT2D eigenvalue weighted by molar-refractivity contribution is -0.154. The molecule has 0 bridgehead atoms. The van der Waals surface area contributed by atoms with Crippen molar-refractivity contribution in [2.24, 2.45) is 0 Å². The number of carboxylic acid groups (broad SMARTS) is 1. The average Bonchev–Trinajstić information content (AvgIpc) is 2.38. The Hall–Kier alpha value is -1.39. The maximum atomic E-state index is 11.8. The van der Waals surface area contributed by atoms with E-state index in [0.29, 0.717) is 6.54 Å². The van der Waals surface area contributed by atoms with Gasteiger partial charge in [0.15, 0.2) is 6.10 Å². The number of carbonyl (C=O) groups is 2. The zero-order valence-electron chi connectivity index (χ0n) is 11.2. The number of carboxylic acids is 1. The summed E-state index contributed by atoms with van der Waals surface area (Å²) in [6.45, 7) is 2.27. The summed E-state index contributed by atoms with van der Waals surface area (Å²) in [5, 5.41) is 11.3. The molecule has 0 aliphatic carbocycles. The van der Waals surface area contributed by atoms with Crippen LogP contribution in [0.15, 0.2) is 0 Å². The molecule has 1 fully saturated rings. The number of ether oxygens (including phenoxy) is 1. The van der Waals surface area contributed by atoms with E-state index in [9.17, 15) is 18.0 Å². The third-order valence-electron chi connectivity index (χ3n) is 2.64. The summed E-state index contributed by atoms with van der Waals surface area (Å²) in [5.41, 5.74) is 0. The fourth-order valence-corrected chi connectivity index (χ4v) is 2.63. The number of urea groups is 1. The predicted molar refractivity (Wildman–Crippen MR) is 69.8 cm³/mol. The Morgan fingerprint density at radius 1 is 1.45 bits per heavy atom. The summed E-state index contributed by atoms with van der Waals surface area (Å²) >= 11 is 0. The Kier molecular flexibility index (Phi) is 6.17. The third-order valence-corrected chi connectivity index (χ3v) is 4.11. The second-order valence-electron chi connectivity index (χ2n) is 4.19. The molecule has 1 heterocycles. The number of hydrogen-bond donors (Lipinski definition) is 3. The van der Waals surface area contributed by atoms with Gasteiger partial charge < -0.3 is 20.1 Å². The standard InChI is InChI=1S/C10H19N3O6S/c1-2-12-20(17,18)6-3-11-10(16)13-4-5-19-8(7-13)9(14)15/h8,12H,2-7H2,1H3,(H,11,16)(H,14,15). The van der Waals surface area contributed by atoms with Crippen LogP contribution >= 0.6 is 0 Å². The van der Waals surface area contributed by atoms with Crippen LogP contribution in [0.3, 0.4) is 0 Å². The highest BCUT2D eigenvalue weighted by atomic mass is 32.2. The molecule has 116 valence electrons. The Morgan fingerprint density at radius 3 is 2.75 bits per heavy atom. The van der Waals surface area contributed by atoms with E-state index in [2.05, 4.69) is 10.0 Å². The lowest BCUT2D eigenvalue weighted by Gasteiger charge is -2.30. The molecule has 1 saturated heterocycles. The number of aliphatic carboxylic acids is 1. The van der Waals surface area contributed by atoms with Gasteiger partial charge in [0, 0.05) is 19.6 Å². The first-order valence-corrected chi connectivity index (χ1v) is 7.85. The van der Waals surface area contributed by atoms with Crippen LogP contribution in [0.2, 0.25) is 0 Å². The van der Waals surface area contributed by atoms with Gasteiger partial charge in [0.05, 0.1) is 18.9 Å². The van der Waals surface area contributed by atoms with Crippen LogP contribution in [0.25, 0.3) is 0 Å². The molecule has 0 radical (unpaired) electrons. The summed E-state index contributed by atoms with van der Waals surface area (Å²) in [6, 6.07) is -0.494. The van der Waals surface area contributed by atoms with Crippen molar-refractivity contribution in [1.82, 2.24) is 14.9 Å². The Labute approximate surface area is 117 Å². The van der Waals surface area contributed by atoms with Crippen LogP contribution < -0.4 is 10.0 Å². The van der Waals surface area contributed by atoms with Gasteiger partial charge in [-0.1, -0.05) is 6.92 Å². The molecule has 20 heavy (non-hydrogen) atoms. The topological polar surface area (TPSA) is 125 Å². The van der Waals surface area contributed by atoms with Gasteiger partial charge in [-0.3, -0.25) is 0 Å². The van der Waals surface area contributed by atoms with E-state index in [4.69, 9.17) is 9.84 Å². The van der Waals surface area contributed by atoms with Gasteiger partial charge in [-0.2, -0.15) is 0 Å². The van der Waals surface area contributed by atoms with Gasteiger partial charge >= 0.3 is 12.0 Å². The molecule has 0 spiro atoms. The first kappa shape index (κ1) is 16.7. The Bertz CT molecular complexity index is 452. The lowest BCUT2D eigenvalue weighted by Crippen LogP contribution is -2.52. The molecule has 0 aromatic rings. The summed E-state index contributed by atoms with van der Waals surface area (Å²) in [6.07, 6.45) is -1.04. The molecular formula is C10H19N3O6S. The summed E-state index contributed by atoms with van der Waals surface area (Å²) < 4.78 is 30.0. The summed E-state index contributed by atoms with van der Waals surface area (Å²) in [7, 11) is -3.38. The number of nitrogens with one attached hydrogen (secondary N) is 2. The van der Waals surface area contributed by atoms with E-state index in [1.807, 2.05) is 0 Å². The average molecular weight is 309 g/mol. The second-order valence-corrected chi connectivity index (χ2v) is 6.12. The molecule has 9 nitrogen and oxygen atoms in total. The quantitative estimate of drug-likeness (QED) is 0.544. The minimum absolute atomic E-state index is 0.0384. The van der Waals surface area contributed by atoms with Crippen LogP contribution in [0.4, 0.5) is 4.79 Å². The third kappa shape index (κ3) is 5.31. The monoisotopic (exact) mass is 309 g/mol. The van der Waals surface area contributed by atoms with E-state index in [1.165, 1.54) is 4.90 Å². The number of carbonyl (C=O) groups excluding carboxylic acids is 1. The maximum Gasteiger partial charge on any atom is 0.334 e. The van der Waals surface area contributed by atoms with Crippen LogP contribution in [-0.2, 0) is 19.6 Å². The molecule has 0 aromatic heterocycles. The van der Waals surface area contributed by atoms with Crippen molar-refractivity contribution < 1.29 is 27.9 Å². The summed E-state index contributed by atoms with van der Waals surface area (Å²) in [5.74, 6) is -1.35. The molecule has 10 heteroatoms. The van der Waals surface area contributed by atoms with Gasteiger partial charge in [0.1, 0.15) is 0 Å². The van der Waals surface area contributed by atoms with Gasteiger partial charge in [0.25, 0.3) is 0 Å². The highest BCUT2D eigenvalue weighted by Crippen LogP contribution is 2.05. The minimum Gasteiger partial charge on any atom is -0.479 e. The molecule has 0 saturated carbocycles. The van der Waals surface area contributed by atoms with Crippen molar-refractivity contribution in [3.05, 3.63) is 0 Å². The number of hydrogen-bond acceptors (Lipinski definition) is 5. The van der Waals surface area contributed by atoms with Gasteiger partial charge in [-0.05, 0) is 0 Å². The molecule has 1 rings (SSSR count). The maximum absolute atomic E-state index is 11.8. The highest BCUT2D eigenvalue weighted by Gasteiger charge is 2.28. The largest absolute Gasteiger partial charge is 0.479 e. The fraction of sp³-hybridized carbons (Fsp3) is 0.800. The zero-order chi connectivity index (χ0) is 15.2. The SMILES string of the molecule is CCNS(=O)(=O)CCNC(=O)N1CCOC(C(=O)O)C1. The van der Waals surface area contributed by atoms with Crippen molar-refractivity contribution in [1.29, 1.82) is 0 Å². The number of nitrogens with zero attached hydrogens (tertiary/aromatic N) is 1. The van der Waals surface area contributed by atoms with Crippen molar-refractivity contribution in [2.75, 3.05) is 38.5 Å². The second kappa shape index (κ2) is 7.41. The van der Waals surface area contributed by atoms with Crippen LogP contribution in [-0.4, -0.2) is 75.1 Å². The van der Waals surface area contributed by atoms with Crippen LogP contribution in [0, 0.1) is 0 Å². The van der Waals surface area contributed by atoms with Crippen LogP contribution in [0.5, 0.6) is 0 Å². The molecule has 1 atom stereocenters. The van der Waals surface area contributed by atoms with E-state index in [-0.39, 0.29) is 32.0 Å². The van der Waals surface area contributed by atoms with Crippen molar-refractivity contribution in [3.63, 3.8) is 0 Å². The number of amides is 2. The molecule has 1 unspecified atom stereocenters. The first-order chi connectivity index (χ1) is 9.35. The van der Waals surface area contributed by atoms with Crippen molar-refractivity contribution in [2.45, 2.75) is 13.0 Å². The smallest absolute Gasteiger partial charge is 0.334 e. The van der Waals surface area contributed by atoms with Gasteiger partial charge in [-0.15, -0.1) is 0 Å². The molecular weight excluding hydrogens is 290 g/mol. The van der Waals surface area contributed by atoms with Crippen LogP contribution in [0.1, 0.15) is 6.92 Å². The molecule has 1 aliphatic heterocycles. The zero-order valence-corrected chi connectivity index (χ0v) is 12.0. The Balaban J connectivity index is 2.37. The van der Waals surface area contributed by atoms with E-state index >= 15 is 0 Å². The predicted octanol–water partition coefficient (Wildman–Crippen LogP) is -1.58. The normalized spacial score (nSPS) is 19.6. The highest BCUT2D eigenvalue weighted by molar-refractivity contribution is 7.89. The molecule has 2 amide bonds. The van der Waals surface area contributed by atoms with E-state index < -0.39 is 28.1 Å². The lowest BCUT2D eigenvalue weighted by atomic mass is 10.3. The van der Waals surface area contributed by atoms with E-state index in [1.54, 1.807) is 6.92 Å². The molecule has 0 aromatic carbocycles.